The lowest BCUT2D eigenvalue weighted by Gasteiger charge is -2.18. The van der Waals surface area contributed by atoms with Crippen LogP contribution in [0.5, 0.6) is 11.5 Å². The van der Waals surface area contributed by atoms with Gasteiger partial charge in [-0.3, -0.25) is 0 Å². The van der Waals surface area contributed by atoms with Crippen LogP contribution < -0.4 is 14.8 Å². The Hall–Kier alpha value is -0.740. The van der Waals surface area contributed by atoms with E-state index in [0.29, 0.717) is 6.04 Å². The molecule has 1 rings (SSSR count). The van der Waals surface area contributed by atoms with Crippen molar-refractivity contribution in [2.45, 2.75) is 19.4 Å². The average molecular weight is 288 g/mol. The molecule has 0 amide bonds. The van der Waals surface area contributed by atoms with E-state index in [1.54, 1.807) is 14.2 Å². The number of methoxy groups -OCH3 is 2. The predicted octanol–water partition coefficient (Wildman–Crippen LogP) is 3.14. The van der Waals surface area contributed by atoms with Crippen molar-refractivity contribution in [1.29, 1.82) is 0 Å². The van der Waals surface area contributed by atoms with Crippen LogP contribution in [0.25, 0.3) is 0 Å². The maximum Gasteiger partial charge on any atom is 0.161 e. The number of benzene rings is 1. The van der Waals surface area contributed by atoms with Crippen LogP contribution in [0.1, 0.15) is 24.9 Å². The zero-order valence-electron chi connectivity index (χ0n) is 10.1. The fraction of sp³-hybridized carbons (Fsp3) is 0.500. The highest BCUT2D eigenvalue weighted by Gasteiger charge is 2.15. The van der Waals surface area contributed by atoms with E-state index >= 15 is 0 Å². The molecule has 0 heterocycles. The lowest BCUT2D eigenvalue weighted by molar-refractivity contribution is 0.353. The molecule has 0 aliphatic rings. The molecule has 1 atom stereocenters. The third-order valence-electron chi connectivity index (χ3n) is 2.63. The van der Waals surface area contributed by atoms with E-state index in [-0.39, 0.29) is 0 Å². The van der Waals surface area contributed by atoms with Gasteiger partial charge in [0.05, 0.1) is 14.2 Å². The molecule has 1 N–H and O–H groups in total. The van der Waals surface area contributed by atoms with Gasteiger partial charge >= 0.3 is 0 Å². The van der Waals surface area contributed by atoms with Crippen molar-refractivity contribution in [3.63, 3.8) is 0 Å². The van der Waals surface area contributed by atoms with Gasteiger partial charge in [0.15, 0.2) is 11.5 Å². The first kappa shape index (κ1) is 13.3. The van der Waals surface area contributed by atoms with Crippen LogP contribution in [0.2, 0.25) is 0 Å². The smallest absolute Gasteiger partial charge is 0.161 e. The summed E-state index contributed by atoms with van der Waals surface area (Å²) in [6.45, 7) is 2.14. The van der Waals surface area contributed by atoms with Crippen LogP contribution in [0.15, 0.2) is 16.6 Å². The molecule has 0 aliphatic heterocycles. The van der Waals surface area contributed by atoms with Gasteiger partial charge in [-0.15, -0.1) is 0 Å². The minimum Gasteiger partial charge on any atom is -0.493 e. The first-order chi connectivity index (χ1) is 7.67. The van der Waals surface area contributed by atoms with Gasteiger partial charge < -0.3 is 14.8 Å². The molecule has 1 aromatic carbocycles. The Morgan fingerprint density at radius 2 is 1.81 bits per heavy atom. The summed E-state index contributed by atoms with van der Waals surface area (Å²) in [5.74, 6) is 1.50. The fourth-order valence-electron chi connectivity index (χ4n) is 1.72. The van der Waals surface area contributed by atoms with E-state index in [4.69, 9.17) is 9.47 Å². The molecule has 0 bridgehead atoms. The van der Waals surface area contributed by atoms with Gasteiger partial charge in [0.1, 0.15) is 0 Å². The van der Waals surface area contributed by atoms with E-state index in [1.807, 2.05) is 19.2 Å². The topological polar surface area (TPSA) is 30.5 Å². The van der Waals surface area contributed by atoms with Gasteiger partial charge in [0.2, 0.25) is 0 Å². The zero-order valence-corrected chi connectivity index (χ0v) is 11.7. The van der Waals surface area contributed by atoms with Gasteiger partial charge in [-0.2, -0.15) is 0 Å². The molecule has 0 spiro atoms. The highest BCUT2D eigenvalue weighted by Crippen LogP contribution is 2.36. The molecule has 0 fully saturated rings. The zero-order chi connectivity index (χ0) is 12.1. The summed E-state index contributed by atoms with van der Waals surface area (Å²) in [6.07, 6.45) is 1.02. The third-order valence-corrected chi connectivity index (χ3v) is 3.32. The average Bonchev–Trinajstić information content (AvgIpc) is 2.32. The Morgan fingerprint density at radius 1 is 1.25 bits per heavy atom. The van der Waals surface area contributed by atoms with Crippen molar-refractivity contribution < 1.29 is 9.47 Å². The lowest BCUT2D eigenvalue weighted by Crippen LogP contribution is -2.15. The van der Waals surface area contributed by atoms with Crippen molar-refractivity contribution in [3.05, 3.63) is 22.2 Å². The third kappa shape index (κ3) is 2.68. The molecule has 1 aromatic rings. The summed E-state index contributed by atoms with van der Waals surface area (Å²) < 4.78 is 11.6. The highest BCUT2D eigenvalue weighted by molar-refractivity contribution is 9.10. The molecule has 0 saturated carbocycles. The first-order valence-electron chi connectivity index (χ1n) is 5.26. The Balaban J connectivity index is 3.19. The maximum atomic E-state index is 5.30. The molecule has 0 aliphatic carbocycles. The molecular weight excluding hydrogens is 270 g/mol. The molecular formula is C12H18BrNO2. The normalized spacial score (nSPS) is 12.3. The van der Waals surface area contributed by atoms with Gasteiger partial charge in [-0.05, 0) is 31.2 Å². The Labute approximate surface area is 105 Å². The van der Waals surface area contributed by atoms with Crippen molar-refractivity contribution in [3.8, 4) is 11.5 Å². The van der Waals surface area contributed by atoms with Gasteiger partial charge in [0.25, 0.3) is 0 Å². The monoisotopic (exact) mass is 287 g/mol. The molecule has 16 heavy (non-hydrogen) atoms. The van der Waals surface area contributed by atoms with Crippen LogP contribution in [-0.4, -0.2) is 21.3 Å². The number of hydrogen-bond acceptors (Lipinski definition) is 3. The number of ether oxygens (including phenoxy) is 2. The van der Waals surface area contributed by atoms with E-state index in [9.17, 15) is 0 Å². The maximum absolute atomic E-state index is 5.30. The second-order valence-electron chi connectivity index (χ2n) is 3.48. The predicted molar refractivity (Wildman–Crippen MR) is 69.3 cm³/mol. The van der Waals surface area contributed by atoms with E-state index in [0.717, 1.165) is 22.4 Å². The molecule has 90 valence electrons. The van der Waals surface area contributed by atoms with E-state index in [1.165, 1.54) is 5.56 Å². The largest absolute Gasteiger partial charge is 0.493 e. The summed E-state index contributed by atoms with van der Waals surface area (Å²) in [4.78, 5) is 0. The summed E-state index contributed by atoms with van der Waals surface area (Å²) >= 11 is 3.56. The van der Waals surface area contributed by atoms with Crippen LogP contribution in [0.3, 0.4) is 0 Å². The fourth-order valence-corrected chi connectivity index (χ4v) is 2.32. The minimum atomic E-state index is 0.314. The summed E-state index contributed by atoms with van der Waals surface area (Å²) in [5.41, 5.74) is 1.18. The molecule has 4 heteroatoms. The first-order valence-corrected chi connectivity index (χ1v) is 6.05. The summed E-state index contributed by atoms with van der Waals surface area (Å²) in [7, 11) is 5.24. The summed E-state index contributed by atoms with van der Waals surface area (Å²) in [6, 6.07) is 4.26. The van der Waals surface area contributed by atoms with Crippen molar-refractivity contribution in [2.75, 3.05) is 21.3 Å². The van der Waals surface area contributed by atoms with Crippen LogP contribution in [0, 0.1) is 0 Å². The number of hydrogen-bond donors (Lipinski definition) is 1. The standard InChI is InChI=1S/C12H18BrNO2/c1-5-10(14-2)8-6-11(15-3)12(16-4)7-9(8)13/h6-7,10,14H,5H2,1-4H3. The Kier molecular flexibility index (Phi) is 5.09. The SMILES string of the molecule is CCC(NC)c1cc(OC)c(OC)cc1Br. The Morgan fingerprint density at radius 3 is 2.25 bits per heavy atom. The number of nitrogens with one attached hydrogen (secondary N) is 1. The quantitative estimate of drug-likeness (QED) is 0.903. The van der Waals surface area contributed by atoms with Crippen LogP contribution in [0.4, 0.5) is 0 Å². The number of rotatable bonds is 5. The van der Waals surface area contributed by atoms with E-state index in [2.05, 4.69) is 28.2 Å². The van der Waals surface area contributed by atoms with Gasteiger partial charge in [0, 0.05) is 10.5 Å². The molecule has 0 radical (unpaired) electrons. The second kappa shape index (κ2) is 6.11. The highest BCUT2D eigenvalue weighted by atomic mass is 79.9. The molecule has 0 aromatic heterocycles. The van der Waals surface area contributed by atoms with Crippen LogP contribution in [-0.2, 0) is 0 Å². The number of halogens is 1. The second-order valence-corrected chi connectivity index (χ2v) is 4.33. The van der Waals surface area contributed by atoms with Crippen molar-refractivity contribution >= 4 is 15.9 Å². The molecule has 1 unspecified atom stereocenters. The molecule has 3 nitrogen and oxygen atoms in total. The Bertz CT molecular complexity index is 351. The molecule has 0 saturated heterocycles. The van der Waals surface area contributed by atoms with Gasteiger partial charge in [-0.25, -0.2) is 0 Å². The summed E-state index contributed by atoms with van der Waals surface area (Å²) in [5, 5.41) is 3.27. The van der Waals surface area contributed by atoms with E-state index < -0.39 is 0 Å². The van der Waals surface area contributed by atoms with Crippen LogP contribution >= 0.6 is 15.9 Å². The minimum absolute atomic E-state index is 0.314. The lowest BCUT2D eigenvalue weighted by atomic mass is 10.0. The van der Waals surface area contributed by atoms with Gasteiger partial charge in [-0.1, -0.05) is 22.9 Å². The van der Waals surface area contributed by atoms with Crippen molar-refractivity contribution in [1.82, 2.24) is 5.32 Å². The van der Waals surface area contributed by atoms with Crippen molar-refractivity contribution in [2.24, 2.45) is 0 Å².